The first kappa shape index (κ1) is 8.52. The van der Waals surface area contributed by atoms with Crippen LogP contribution in [0, 0.1) is 5.92 Å². The van der Waals surface area contributed by atoms with Gasteiger partial charge >= 0.3 is 6.18 Å². The Hall–Kier alpha value is -0.580. The Kier molecular flexibility index (Phi) is 1.92. The third-order valence-corrected chi connectivity index (χ3v) is 1.90. The van der Waals surface area contributed by atoms with E-state index in [4.69, 9.17) is 0 Å². The number of likely N-dealkylation sites (N-methyl/N-ethyl adjacent to an activating group) is 1. The maximum absolute atomic E-state index is 11.8. The Morgan fingerprint density at radius 3 is 2.36 bits per heavy atom. The Balaban J connectivity index is 2.52. The van der Waals surface area contributed by atoms with Crippen LogP contribution in [0.5, 0.6) is 0 Å². The molecule has 0 spiro atoms. The third-order valence-electron chi connectivity index (χ3n) is 1.90. The fourth-order valence-corrected chi connectivity index (χ4v) is 1.11. The Morgan fingerprint density at radius 1 is 1.55 bits per heavy atom. The summed E-state index contributed by atoms with van der Waals surface area (Å²) in [5, 5.41) is 2.50. The molecule has 1 N–H and O–H groups in total. The van der Waals surface area contributed by atoms with Crippen LogP contribution < -0.4 is 5.32 Å². The van der Waals surface area contributed by atoms with Gasteiger partial charge in [0.25, 0.3) is 0 Å². The summed E-state index contributed by atoms with van der Waals surface area (Å²) in [6.45, 7) is 0. The molecule has 1 aliphatic rings. The molecule has 0 aromatic carbocycles. The van der Waals surface area contributed by atoms with Crippen LogP contribution in [-0.4, -0.2) is 25.0 Å². The number of hydrogen-bond donors (Lipinski definition) is 1. The van der Waals surface area contributed by atoms with Crippen LogP contribution in [0.25, 0.3) is 0 Å². The second kappa shape index (κ2) is 2.48. The lowest BCUT2D eigenvalue weighted by Crippen LogP contribution is -2.55. The van der Waals surface area contributed by atoms with Gasteiger partial charge in [-0.2, -0.15) is 13.2 Å². The molecule has 0 amide bonds. The van der Waals surface area contributed by atoms with Crippen LogP contribution in [0.15, 0.2) is 0 Å². The van der Waals surface area contributed by atoms with E-state index in [0.29, 0.717) is 0 Å². The molecule has 0 aliphatic heterocycles. The van der Waals surface area contributed by atoms with E-state index in [-0.39, 0.29) is 6.42 Å². The molecule has 1 fully saturated rings. The smallest absolute Gasteiger partial charge is 0.311 e. The molecule has 0 radical (unpaired) electrons. The van der Waals surface area contributed by atoms with Crippen LogP contribution in [0.3, 0.4) is 0 Å². The van der Waals surface area contributed by atoms with Gasteiger partial charge in [-0.25, -0.2) is 0 Å². The molecule has 1 saturated carbocycles. The number of rotatable bonds is 1. The number of halogens is 3. The molecule has 0 saturated heterocycles. The van der Waals surface area contributed by atoms with Gasteiger partial charge in [0.15, 0.2) is 5.78 Å². The summed E-state index contributed by atoms with van der Waals surface area (Å²) in [4.78, 5) is 10.7. The van der Waals surface area contributed by atoms with Gasteiger partial charge in [0, 0.05) is 0 Å². The van der Waals surface area contributed by atoms with E-state index in [2.05, 4.69) is 5.32 Å². The molecule has 1 rings (SSSR count). The molecule has 11 heavy (non-hydrogen) atoms. The number of carbonyl (C=O) groups is 1. The number of nitrogens with one attached hydrogen (secondary N) is 1. The van der Waals surface area contributed by atoms with Gasteiger partial charge in [-0.3, -0.25) is 4.79 Å². The molecular formula is C6H8F3NO. The minimum atomic E-state index is -4.34. The molecule has 0 aromatic rings. The SMILES string of the molecule is CNC1CC(C(F)(F)F)C1=O. The van der Waals surface area contributed by atoms with Crippen molar-refractivity contribution in [2.24, 2.45) is 5.92 Å². The zero-order valence-electron chi connectivity index (χ0n) is 5.90. The maximum atomic E-state index is 11.8. The first-order valence-corrected chi connectivity index (χ1v) is 3.24. The summed E-state index contributed by atoms with van der Waals surface area (Å²) in [7, 11) is 1.48. The second-order valence-corrected chi connectivity index (χ2v) is 2.57. The quantitative estimate of drug-likeness (QED) is 0.623. The summed E-state index contributed by atoms with van der Waals surface area (Å²) in [6.07, 6.45) is -4.46. The van der Waals surface area contributed by atoms with Gasteiger partial charge in [0.2, 0.25) is 0 Å². The highest BCUT2D eigenvalue weighted by molar-refractivity contribution is 5.92. The minimum absolute atomic E-state index is 0.112. The predicted molar refractivity (Wildman–Crippen MR) is 32.0 cm³/mol. The van der Waals surface area contributed by atoms with Crippen molar-refractivity contribution in [2.75, 3.05) is 7.05 Å². The number of Topliss-reactive ketones (excluding diaryl/α,β-unsaturated/α-hetero) is 1. The van der Waals surface area contributed by atoms with E-state index in [1.807, 2.05) is 0 Å². The Labute approximate surface area is 61.8 Å². The standard InChI is InChI=1S/C6H8F3NO/c1-10-4-2-3(5(4)11)6(7,8)9/h3-4,10H,2H2,1H3. The lowest BCUT2D eigenvalue weighted by Gasteiger charge is -2.34. The third kappa shape index (κ3) is 1.38. The van der Waals surface area contributed by atoms with Crippen LogP contribution >= 0.6 is 0 Å². The highest BCUT2D eigenvalue weighted by Crippen LogP contribution is 2.37. The maximum Gasteiger partial charge on any atom is 0.398 e. The fraction of sp³-hybridized carbons (Fsp3) is 0.833. The van der Waals surface area contributed by atoms with E-state index in [1.165, 1.54) is 7.05 Å². The Morgan fingerprint density at radius 2 is 2.09 bits per heavy atom. The molecular weight excluding hydrogens is 159 g/mol. The lowest BCUT2D eigenvalue weighted by molar-refractivity contribution is -0.198. The van der Waals surface area contributed by atoms with Crippen molar-refractivity contribution >= 4 is 5.78 Å². The summed E-state index contributed by atoms with van der Waals surface area (Å²) in [5.41, 5.74) is 0. The molecule has 1 aliphatic carbocycles. The largest absolute Gasteiger partial charge is 0.398 e. The minimum Gasteiger partial charge on any atom is -0.311 e. The number of ketones is 1. The summed E-state index contributed by atoms with van der Waals surface area (Å²) < 4.78 is 35.4. The Bertz CT molecular complexity index is 177. The first-order valence-electron chi connectivity index (χ1n) is 3.24. The first-order chi connectivity index (χ1) is 4.96. The van der Waals surface area contributed by atoms with Crippen molar-refractivity contribution in [1.82, 2.24) is 5.32 Å². The molecule has 2 nitrogen and oxygen atoms in total. The summed E-state index contributed by atoms with van der Waals surface area (Å²) >= 11 is 0. The summed E-state index contributed by atoms with van der Waals surface area (Å²) in [6, 6.07) is -0.582. The second-order valence-electron chi connectivity index (χ2n) is 2.57. The number of hydrogen-bond acceptors (Lipinski definition) is 2. The monoisotopic (exact) mass is 167 g/mol. The normalized spacial score (nSPS) is 31.8. The van der Waals surface area contributed by atoms with Crippen molar-refractivity contribution in [3.8, 4) is 0 Å². The number of alkyl halides is 3. The molecule has 0 aromatic heterocycles. The van der Waals surface area contributed by atoms with Gasteiger partial charge < -0.3 is 5.32 Å². The van der Waals surface area contributed by atoms with Gasteiger partial charge in [0.05, 0.1) is 6.04 Å². The average Bonchev–Trinajstić information content (AvgIpc) is 1.83. The molecule has 0 heterocycles. The highest BCUT2D eigenvalue weighted by Gasteiger charge is 2.54. The van der Waals surface area contributed by atoms with Crippen LogP contribution in [0.2, 0.25) is 0 Å². The van der Waals surface area contributed by atoms with Crippen molar-refractivity contribution in [1.29, 1.82) is 0 Å². The van der Waals surface area contributed by atoms with E-state index < -0.39 is 23.9 Å². The number of carbonyl (C=O) groups excluding carboxylic acids is 1. The fourth-order valence-electron chi connectivity index (χ4n) is 1.11. The van der Waals surface area contributed by atoms with Gasteiger partial charge in [-0.1, -0.05) is 0 Å². The molecule has 5 heteroatoms. The van der Waals surface area contributed by atoms with E-state index in [0.717, 1.165) is 0 Å². The van der Waals surface area contributed by atoms with Crippen molar-refractivity contribution in [2.45, 2.75) is 18.6 Å². The summed E-state index contributed by atoms with van der Waals surface area (Å²) in [5.74, 6) is -2.46. The van der Waals surface area contributed by atoms with E-state index in [1.54, 1.807) is 0 Å². The van der Waals surface area contributed by atoms with E-state index in [9.17, 15) is 18.0 Å². The molecule has 2 unspecified atom stereocenters. The molecule has 0 bridgehead atoms. The lowest BCUT2D eigenvalue weighted by atomic mass is 9.78. The van der Waals surface area contributed by atoms with E-state index >= 15 is 0 Å². The molecule has 2 atom stereocenters. The van der Waals surface area contributed by atoms with Crippen LogP contribution in [0.4, 0.5) is 13.2 Å². The average molecular weight is 167 g/mol. The zero-order valence-corrected chi connectivity index (χ0v) is 5.90. The molecule has 64 valence electrons. The van der Waals surface area contributed by atoms with Crippen molar-refractivity contribution < 1.29 is 18.0 Å². The highest BCUT2D eigenvalue weighted by atomic mass is 19.4. The predicted octanol–water partition coefficient (Wildman–Crippen LogP) is 0.726. The van der Waals surface area contributed by atoms with Gasteiger partial charge in [0.1, 0.15) is 5.92 Å². The topological polar surface area (TPSA) is 29.1 Å². The van der Waals surface area contributed by atoms with Crippen LogP contribution in [0.1, 0.15) is 6.42 Å². The van der Waals surface area contributed by atoms with Crippen molar-refractivity contribution in [3.63, 3.8) is 0 Å². The van der Waals surface area contributed by atoms with Crippen molar-refractivity contribution in [3.05, 3.63) is 0 Å². The van der Waals surface area contributed by atoms with Crippen LogP contribution in [-0.2, 0) is 4.79 Å². The zero-order chi connectivity index (χ0) is 8.65. The van der Waals surface area contributed by atoms with Gasteiger partial charge in [-0.15, -0.1) is 0 Å². The van der Waals surface area contributed by atoms with Gasteiger partial charge in [-0.05, 0) is 13.5 Å².